The first kappa shape index (κ1) is 15.2. The second-order valence-electron chi connectivity index (χ2n) is 6.04. The summed E-state index contributed by atoms with van der Waals surface area (Å²) in [5.41, 5.74) is 3.27. The van der Waals surface area contributed by atoms with Crippen LogP contribution in [0.25, 0.3) is 10.7 Å². The number of likely N-dealkylation sites (tertiary alicyclic amines) is 1. The lowest BCUT2D eigenvalue weighted by Crippen LogP contribution is -2.26. The van der Waals surface area contributed by atoms with Crippen molar-refractivity contribution in [3.05, 3.63) is 34.5 Å². The normalized spacial score (nSPS) is 18.0. The number of pyridine rings is 1. The molecule has 116 valence electrons. The topological polar surface area (TPSA) is 46.1 Å². The highest BCUT2D eigenvalue weighted by atomic mass is 32.1. The van der Waals surface area contributed by atoms with Crippen LogP contribution in [0.15, 0.2) is 18.3 Å². The zero-order valence-corrected chi connectivity index (χ0v) is 14.1. The number of aryl methyl sites for hydroxylation is 2. The molecular weight excluding hydrogens is 294 g/mol. The monoisotopic (exact) mass is 315 g/mol. The maximum absolute atomic E-state index is 11.4. The molecule has 5 heteroatoms. The number of hydrogen-bond acceptors (Lipinski definition) is 4. The molecule has 3 heterocycles. The van der Waals surface area contributed by atoms with Crippen LogP contribution in [0, 0.1) is 19.8 Å². The first-order valence-electron chi connectivity index (χ1n) is 7.68. The molecule has 0 radical (unpaired) electrons. The number of carbonyl (C=O) groups excluding carboxylic acids is 1. The fraction of sp³-hybridized carbons (Fsp3) is 0.471. The average Bonchev–Trinajstić information content (AvgIpc) is 3.08. The molecule has 1 amide bonds. The minimum atomic E-state index is 0.186. The van der Waals surface area contributed by atoms with Crippen molar-refractivity contribution in [1.82, 2.24) is 14.9 Å². The predicted octanol–water partition coefficient (Wildman–Crippen LogP) is 3.23. The van der Waals surface area contributed by atoms with Gasteiger partial charge >= 0.3 is 0 Å². The molecule has 0 bridgehead atoms. The second kappa shape index (κ2) is 6.16. The van der Waals surface area contributed by atoms with Gasteiger partial charge in [0.2, 0.25) is 5.91 Å². The molecule has 0 aromatic carbocycles. The Balaban J connectivity index is 1.66. The van der Waals surface area contributed by atoms with Gasteiger partial charge in [-0.25, -0.2) is 4.98 Å². The van der Waals surface area contributed by atoms with Gasteiger partial charge < -0.3 is 4.90 Å². The molecule has 1 atom stereocenters. The molecule has 0 aliphatic carbocycles. The largest absolute Gasteiger partial charge is 0.343 e. The third-order valence-electron chi connectivity index (χ3n) is 4.33. The van der Waals surface area contributed by atoms with Crippen LogP contribution in [0.2, 0.25) is 0 Å². The number of thiazole rings is 1. The molecule has 1 fully saturated rings. The van der Waals surface area contributed by atoms with Gasteiger partial charge in [0, 0.05) is 31.1 Å². The standard InChI is InChI=1S/C17H21N3OS/c1-11-12(2)22-17(19-11)16-5-4-14(9-18-16)8-15-6-7-20(10-15)13(3)21/h4-5,9,15H,6-8,10H2,1-3H3/t15-/m1/s1. The summed E-state index contributed by atoms with van der Waals surface area (Å²) in [6, 6.07) is 4.20. The smallest absolute Gasteiger partial charge is 0.219 e. The minimum Gasteiger partial charge on any atom is -0.343 e. The summed E-state index contributed by atoms with van der Waals surface area (Å²) in [4.78, 5) is 23.7. The van der Waals surface area contributed by atoms with Crippen LogP contribution in [-0.4, -0.2) is 33.9 Å². The first-order valence-corrected chi connectivity index (χ1v) is 8.49. The lowest BCUT2D eigenvalue weighted by atomic mass is 10.00. The van der Waals surface area contributed by atoms with E-state index in [1.54, 1.807) is 18.3 Å². The highest BCUT2D eigenvalue weighted by Gasteiger charge is 2.24. The van der Waals surface area contributed by atoms with Crippen molar-refractivity contribution in [3.63, 3.8) is 0 Å². The fourth-order valence-corrected chi connectivity index (χ4v) is 3.76. The van der Waals surface area contributed by atoms with E-state index >= 15 is 0 Å². The molecule has 1 aliphatic rings. The van der Waals surface area contributed by atoms with E-state index in [0.717, 1.165) is 42.3 Å². The molecule has 0 saturated carbocycles. The molecule has 3 rings (SSSR count). The molecule has 0 unspecified atom stereocenters. The molecule has 1 aliphatic heterocycles. The Bertz CT molecular complexity index is 658. The van der Waals surface area contributed by atoms with E-state index in [2.05, 4.69) is 29.0 Å². The Labute approximate surface area is 135 Å². The van der Waals surface area contributed by atoms with E-state index in [0.29, 0.717) is 5.92 Å². The van der Waals surface area contributed by atoms with Gasteiger partial charge in [-0.3, -0.25) is 9.78 Å². The maximum Gasteiger partial charge on any atom is 0.219 e. The summed E-state index contributed by atoms with van der Waals surface area (Å²) >= 11 is 1.69. The number of nitrogens with zero attached hydrogens (tertiary/aromatic N) is 3. The van der Waals surface area contributed by atoms with Crippen LogP contribution >= 0.6 is 11.3 Å². The van der Waals surface area contributed by atoms with E-state index in [1.165, 1.54) is 10.4 Å². The summed E-state index contributed by atoms with van der Waals surface area (Å²) in [5.74, 6) is 0.742. The van der Waals surface area contributed by atoms with E-state index in [1.807, 2.05) is 18.0 Å². The average molecular weight is 315 g/mol. The Hall–Kier alpha value is -1.75. The van der Waals surface area contributed by atoms with Crippen molar-refractivity contribution in [3.8, 4) is 10.7 Å². The predicted molar refractivity (Wildman–Crippen MR) is 88.9 cm³/mol. The van der Waals surface area contributed by atoms with Gasteiger partial charge in [-0.05, 0) is 44.2 Å². The van der Waals surface area contributed by atoms with Crippen molar-refractivity contribution in [2.24, 2.45) is 5.92 Å². The fourth-order valence-electron chi connectivity index (χ4n) is 2.87. The molecule has 1 saturated heterocycles. The molecule has 4 nitrogen and oxygen atoms in total. The van der Waals surface area contributed by atoms with Gasteiger partial charge in [0.15, 0.2) is 0 Å². The number of rotatable bonds is 3. The van der Waals surface area contributed by atoms with Gasteiger partial charge in [0.25, 0.3) is 0 Å². The molecular formula is C17H21N3OS. The molecule has 0 spiro atoms. The van der Waals surface area contributed by atoms with E-state index in [-0.39, 0.29) is 5.91 Å². The van der Waals surface area contributed by atoms with Crippen molar-refractivity contribution < 1.29 is 4.79 Å². The SMILES string of the molecule is CC(=O)N1CC[C@H](Cc2ccc(-c3nc(C)c(C)s3)nc2)C1. The Kier molecular flexibility index (Phi) is 4.25. The number of carbonyl (C=O) groups is 1. The third kappa shape index (κ3) is 3.19. The van der Waals surface area contributed by atoms with Crippen LogP contribution in [0.1, 0.15) is 29.5 Å². The molecule has 2 aromatic rings. The van der Waals surface area contributed by atoms with Crippen molar-refractivity contribution in [2.45, 2.75) is 33.6 Å². The molecule has 22 heavy (non-hydrogen) atoms. The van der Waals surface area contributed by atoms with Gasteiger partial charge in [-0.15, -0.1) is 11.3 Å². The quantitative estimate of drug-likeness (QED) is 0.873. The van der Waals surface area contributed by atoms with Gasteiger partial charge in [-0.2, -0.15) is 0 Å². The van der Waals surface area contributed by atoms with Crippen LogP contribution < -0.4 is 0 Å². The summed E-state index contributed by atoms with van der Waals surface area (Å²) in [7, 11) is 0. The van der Waals surface area contributed by atoms with E-state index < -0.39 is 0 Å². The van der Waals surface area contributed by atoms with Crippen LogP contribution in [0.3, 0.4) is 0 Å². The zero-order valence-electron chi connectivity index (χ0n) is 13.3. The maximum atomic E-state index is 11.4. The summed E-state index contributed by atoms with van der Waals surface area (Å²) in [6.45, 7) is 7.54. The number of hydrogen-bond donors (Lipinski definition) is 0. The summed E-state index contributed by atoms with van der Waals surface area (Å²) in [6.07, 6.45) is 4.04. The zero-order chi connectivity index (χ0) is 15.7. The van der Waals surface area contributed by atoms with Crippen LogP contribution in [0.4, 0.5) is 0 Å². The molecule has 0 N–H and O–H groups in total. The minimum absolute atomic E-state index is 0.186. The first-order chi connectivity index (χ1) is 10.5. The Morgan fingerprint density at radius 1 is 1.41 bits per heavy atom. The van der Waals surface area contributed by atoms with Crippen LogP contribution in [0.5, 0.6) is 0 Å². The van der Waals surface area contributed by atoms with Gasteiger partial charge in [0.1, 0.15) is 5.01 Å². The third-order valence-corrected chi connectivity index (χ3v) is 5.42. The van der Waals surface area contributed by atoms with Crippen molar-refractivity contribution in [1.29, 1.82) is 0 Å². The second-order valence-corrected chi connectivity index (χ2v) is 7.24. The Morgan fingerprint density at radius 2 is 2.23 bits per heavy atom. The van der Waals surface area contributed by atoms with Gasteiger partial charge in [0.05, 0.1) is 11.4 Å². The number of aromatic nitrogens is 2. The lowest BCUT2D eigenvalue weighted by molar-refractivity contribution is -0.127. The molecule has 2 aromatic heterocycles. The van der Waals surface area contributed by atoms with Crippen LogP contribution in [-0.2, 0) is 11.2 Å². The number of amides is 1. The van der Waals surface area contributed by atoms with E-state index in [9.17, 15) is 4.79 Å². The summed E-state index contributed by atoms with van der Waals surface area (Å²) < 4.78 is 0. The van der Waals surface area contributed by atoms with E-state index in [4.69, 9.17) is 0 Å². The highest BCUT2D eigenvalue weighted by molar-refractivity contribution is 7.15. The Morgan fingerprint density at radius 3 is 2.77 bits per heavy atom. The van der Waals surface area contributed by atoms with Crippen molar-refractivity contribution in [2.75, 3.05) is 13.1 Å². The van der Waals surface area contributed by atoms with Gasteiger partial charge in [-0.1, -0.05) is 6.07 Å². The lowest BCUT2D eigenvalue weighted by Gasteiger charge is -2.13. The summed E-state index contributed by atoms with van der Waals surface area (Å²) in [5, 5.41) is 0.991. The van der Waals surface area contributed by atoms with Crippen molar-refractivity contribution >= 4 is 17.2 Å². The highest BCUT2D eigenvalue weighted by Crippen LogP contribution is 2.26.